The molecular weight excluding hydrogens is 216 g/mol. The van der Waals surface area contributed by atoms with Crippen LogP contribution in [0.2, 0.25) is 0 Å². The Morgan fingerprint density at radius 2 is 1.82 bits per heavy atom. The number of ether oxygens (including phenoxy) is 1. The second kappa shape index (κ2) is 6.83. The molecule has 4 heteroatoms. The van der Waals surface area contributed by atoms with E-state index in [4.69, 9.17) is 0 Å². The van der Waals surface area contributed by atoms with Crippen LogP contribution < -0.4 is 10.6 Å². The lowest BCUT2D eigenvalue weighted by Gasteiger charge is -2.15. The number of esters is 1. The van der Waals surface area contributed by atoms with Gasteiger partial charge in [0.15, 0.2) is 0 Å². The Hall–Kier alpha value is -1.65. The van der Waals surface area contributed by atoms with Crippen molar-refractivity contribution in [2.45, 2.75) is 6.17 Å². The summed E-state index contributed by atoms with van der Waals surface area (Å²) < 4.78 is 4.52. The van der Waals surface area contributed by atoms with Crippen molar-refractivity contribution >= 4 is 12.0 Å². The number of benzene rings is 1. The Bertz CT molecular complexity index is 381. The zero-order chi connectivity index (χ0) is 12.7. The van der Waals surface area contributed by atoms with E-state index in [1.165, 1.54) is 13.2 Å². The van der Waals surface area contributed by atoms with Gasteiger partial charge in [0.1, 0.15) is 0 Å². The van der Waals surface area contributed by atoms with Crippen molar-refractivity contribution in [1.82, 2.24) is 10.6 Å². The zero-order valence-corrected chi connectivity index (χ0v) is 10.4. The molecule has 1 aromatic carbocycles. The number of hydrogen-bond donors (Lipinski definition) is 2. The Balaban J connectivity index is 2.74. The third kappa shape index (κ3) is 4.01. The SMILES string of the molecule is CNC(NC)c1ccc(/C=C/C(=O)OC)cc1. The molecule has 0 saturated heterocycles. The maximum atomic E-state index is 10.9. The highest BCUT2D eigenvalue weighted by Gasteiger charge is 2.04. The van der Waals surface area contributed by atoms with Gasteiger partial charge in [-0.05, 0) is 31.3 Å². The lowest BCUT2D eigenvalue weighted by atomic mass is 10.1. The molecule has 0 atom stereocenters. The van der Waals surface area contributed by atoms with Gasteiger partial charge in [-0.15, -0.1) is 0 Å². The fourth-order valence-corrected chi connectivity index (χ4v) is 1.51. The molecule has 2 N–H and O–H groups in total. The van der Waals surface area contributed by atoms with Crippen molar-refractivity contribution in [2.24, 2.45) is 0 Å². The second-order valence-electron chi connectivity index (χ2n) is 3.53. The van der Waals surface area contributed by atoms with Crippen molar-refractivity contribution in [3.63, 3.8) is 0 Å². The minimum absolute atomic E-state index is 0.133. The van der Waals surface area contributed by atoms with E-state index in [2.05, 4.69) is 15.4 Å². The van der Waals surface area contributed by atoms with Crippen molar-refractivity contribution in [3.05, 3.63) is 41.5 Å². The van der Waals surface area contributed by atoms with Crippen LogP contribution in [0.1, 0.15) is 17.3 Å². The van der Waals surface area contributed by atoms with Gasteiger partial charge in [-0.2, -0.15) is 0 Å². The van der Waals surface area contributed by atoms with E-state index in [1.807, 2.05) is 38.4 Å². The topological polar surface area (TPSA) is 50.4 Å². The highest BCUT2D eigenvalue weighted by atomic mass is 16.5. The minimum Gasteiger partial charge on any atom is -0.466 e. The van der Waals surface area contributed by atoms with E-state index < -0.39 is 0 Å². The fourth-order valence-electron chi connectivity index (χ4n) is 1.51. The number of hydrogen-bond acceptors (Lipinski definition) is 4. The van der Waals surface area contributed by atoms with Crippen LogP contribution in [0.3, 0.4) is 0 Å². The molecule has 0 aromatic heterocycles. The first-order valence-electron chi connectivity index (χ1n) is 5.41. The molecule has 0 fully saturated rings. The van der Waals surface area contributed by atoms with E-state index in [9.17, 15) is 4.79 Å². The molecule has 0 spiro atoms. The molecule has 0 amide bonds. The van der Waals surface area contributed by atoms with Crippen LogP contribution in [0.5, 0.6) is 0 Å². The van der Waals surface area contributed by atoms with Gasteiger partial charge in [0, 0.05) is 6.08 Å². The summed E-state index contributed by atoms with van der Waals surface area (Å²) in [5.41, 5.74) is 2.11. The van der Waals surface area contributed by atoms with Gasteiger partial charge in [0.2, 0.25) is 0 Å². The molecule has 0 radical (unpaired) electrons. The van der Waals surface area contributed by atoms with E-state index in [-0.39, 0.29) is 12.1 Å². The van der Waals surface area contributed by atoms with Crippen molar-refractivity contribution in [3.8, 4) is 0 Å². The zero-order valence-electron chi connectivity index (χ0n) is 10.4. The maximum absolute atomic E-state index is 10.9. The highest BCUT2D eigenvalue weighted by molar-refractivity contribution is 5.86. The van der Waals surface area contributed by atoms with Crippen molar-refractivity contribution < 1.29 is 9.53 Å². The molecule has 0 bridgehead atoms. The number of rotatable bonds is 5. The van der Waals surface area contributed by atoms with Gasteiger partial charge in [-0.1, -0.05) is 24.3 Å². The molecule has 17 heavy (non-hydrogen) atoms. The van der Waals surface area contributed by atoms with Gasteiger partial charge >= 0.3 is 5.97 Å². The standard InChI is InChI=1S/C13H18N2O2/c1-14-13(15-2)11-7-4-10(5-8-11)6-9-12(16)17-3/h4-9,13-15H,1-3H3/b9-6+. The average molecular weight is 234 g/mol. The maximum Gasteiger partial charge on any atom is 0.330 e. The van der Waals surface area contributed by atoms with E-state index in [0.29, 0.717) is 0 Å². The lowest BCUT2D eigenvalue weighted by Crippen LogP contribution is -2.28. The predicted molar refractivity (Wildman–Crippen MR) is 68.4 cm³/mol. The molecule has 0 aliphatic heterocycles. The van der Waals surface area contributed by atoms with E-state index in [1.54, 1.807) is 6.08 Å². The molecule has 0 aliphatic carbocycles. The molecular formula is C13H18N2O2. The van der Waals surface area contributed by atoms with Gasteiger partial charge in [-0.3, -0.25) is 0 Å². The van der Waals surface area contributed by atoms with Crippen LogP contribution >= 0.6 is 0 Å². The summed E-state index contributed by atoms with van der Waals surface area (Å²) >= 11 is 0. The lowest BCUT2D eigenvalue weighted by molar-refractivity contribution is -0.134. The Kier molecular flexibility index (Phi) is 5.39. The third-order valence-electron chi connectivity index (χ3n) is 2.46. The molecule has 92 valence electrons. The minimum atomic E-state index is -0.350. The summed E-state index contributed by atoms with van der Waals surface area (Å²) in [4.78, 5) is 10.9. The third-order valence-corrected chi connectivity index (χ3v) is 2.46. The van der Waals surface area contributed by atoms with Gasteiger partial charge in [0.25, 0.3) is 0 Å². The first-order chi connectivity index (χ1) is 8.21. The Morgan fingerprint density at radius 3 is 2.29 bits per heavy atom. The second-order valence-corrected chi connectivity index (χ2v) is 3.53. The first kappa shape index (κ1) is 13.4. The average Bonchev–Trinajstić information content (AvgIpc) is 2.38. The molecule has 0 saturated carbocycles. The first-order valence-corrected chi connectivity index (χ1v) is 5.41. The van der Waals surface area contributed by atoms with Crippen molar-refractivity contribution in [1.29, 1.82) is 0 Å². The summed E-state index contributed by atoms with van der Waals surface area (Å²) in [6.45, 7) is 0. The smallest absolute Gasteiger partial charge is 0.330 e. The summed E-state index contributed by atoms with van der Waals surface area (Å²) in [6.07, 6.45) is 3.26. The fraction of sp³-hybridized carbons (Fsp3) is 0.308. The van der Waals surface area contributed by atoms with Crippen LogP contribution in [0.25, 0.3) is 6.08 Å². The Labute approximate surface area is 102 Å². The quantitative estimate of drug-likeness (QED) is 0.458. The van der Waals surface area contributed by atoms with E-state index >= 15 is 0 Å². The number of nitrogens with one attached hydrogen (secondary N) is 2. The summed E-state index contributed by atoms with van der Waals surface area (Å²) in [6, 6.07) is 7.93. The van der Waals surface area contributed by atoms with Gasteiger partial charge < -0.3 is 15.4 Å². The monoisotopic (exact) mass is 234 g/mol. The summed E-state index contributed by atoms with van der Waals surface area (Å²) in [7, 11) is 5.15. The summed E-state index contributed by atoms with van der Waals surface area (Å²) in [5.74, 6) is -0.350. The van der Waals surface area contributed by atoms with Crippen molar-refractivity contribution in [2.75, 3.05) is 21.2 Å². The van der Waals surface area contributed by atoms with Gasteiger partial charge in [-0.25, -0.2) is 4.79 Å². The van der Waals surface area contributed by atoms with Gasteiger partial charge in [0.05, 0.1) is 13.3 Å². The highest BCUT2D eigenvalue weighted by Crippen LogP contribution is 2.11. The molecule has 0 unspecified atom stereocenters. The molecule has 1 aromatic rings. The molecule has 1 rings (SSSR count). The number of carbonyl (C=O) groups excluding carboxylic acids is 1. The van der Waals surface area contributed by atoms with Crippen LogP contribution in [0.15, 0.2) is 30.3 Å². The van der Waals surface area contributed by atoms with Crippen LogP contribution in [-0.4, -0.2) is 27.2 Å². The normalized spacial score (nSPS) is 11.1. The van der Waals surface area contributed by atoms with Crippen LogP contribution in [0.4, 0.5) is 0 Å². The van der Waals surface area contributed by atoms with Crippen LogP contribution in [-0.2, 0) is 9.53 Å². The molecule has 0 aliphatic rings. The Morgan fingerprint density at radius 1 is 1.24 bits per heavy atom. The molecule has 4 nitrogen and oxygen atoms in total. The summed E-state index contributed by atoms with van der Waals surface area (Å²) in [5, 5.41) is 6.29. The largest absolute Gasteiger partial charge is 0.466 e. The van der Waals surface area contributed by atoms with E-state index in [0.717, 1.165) is 11.1 Å². The predicted octanol–water partition coefficient (Wildman–Crippen LogP) is 1.31. The molecule has 0 heterocycles. The number of methoxy groups -OCH3 is 1. The van der Waals surface area contributed by atoms with Crippen LogP contribution in [0, 0.1) is 0 Å². The number of carbonyl (C=O) groups is 1.